The van der Waals surface area contributed by atoms with E-state index in [0.717, 1.165) is 5.69 Å². The van der Waals surface area contributed by atoms with Crippen molar-refractivity contribution in [2.75, 3.05) is 7.05 Å². The standard InChI is InChI=1S/C16H18F2N4O/c1-19-16(22-11-13-7-4-5-9-20-13)21-10-12-6-2-3-8-14(12)23-15(17)18/h2-9,15H,10-11H2,1H3,(H2,19,21,22). The van der Waals surface area contributed by atoms with E-state index in [-0.39, 0.29) is 5.75 Å². The van der Waals surface area contributed by atoms with Crippen molar-refractivity contribution in [2.45, 2.75) is 19.7 Å². The summed E-state index contributed by atoms with van der Waals surface area (Å²) in [5.74, 6) is 0.692. The van der Waals surface area contributed by atoms with E-state index >= 15 is 0 Å². The molecule has 2 aromatic rings. The summed E-state index contributed by atoms with van der Waals surface area (Å²) in [6.07, 6.45) is 1.71. The van der Waals surface area contributed by atoms with E-state index in [9.17, 15) is 8.78 Å². The Morgan fingerprint density at radius 2 is 1.87 bits per heavy atom. The first-order chi connectivity index (χ1) is 11.2. The first-order valence-electron chi connectivity index (χ1n) is 7.06. The highest BCUT2D eigenvalue weighted by molar-refractivity contribution is 5.79. The summed E-state index contributed by atoms with van der Waals surface area (Å²) in [5, 5.41) is 6.16. The quantitative estimate of drug-likeness (QED) is 0.634. The Bertz CT molecular complexity index is 635. The highest BCUT2D eigenvalue weighted by atomic mass is 19.3. The van der Waals surface area contributed by atoms with Crippen LogP contribution in [-0.4, -0.2) is 24.6 Å². The molecule has 0 bridgehead atoms. The summed E-state index contributed by atoms with van der Waals surface area (Å²) in [5.41, 5.74) is 1.49. The lowest BCUT2D eigenvalue weighted by atomic mass is 10.2. The molecule has 2 rings (SSSR count). The largest absolute Gasteiger partial charge is 0.434 e. The average molecular weight is 320 g/mol. The minimum Gasteiger partial charge on any atom is -0.434 e. The van der Waals surface area contributed by atoms with Gasteiger partial charge in [0, 0.05) is 25.4 Å². The molecule has 0 atom stereocenters. The van der Waals surface area contributed by atoms with E-state index in [4.69, 9.17) is 0 Å². The minimum atomic E-state index is -2.85. The lowest BCUT2D eigenvalue weighted by molar-refractivity contribution is -0.0504. The number of guanidine groups is 1. The maximum atomic E-state index is 12.4. The number of pyridine rings is 1. The van der Waals surface area contributed by atoms with Crippen molar-refractivity contribution in [3.63, 3.8) is 0 Å². The topological polar surface area (TPSA) is 58.5 Å². The molecule has 0 fully saturated rings. The van der Waals surface area contributed by atoms with Gasteiger partial charge in [0.1, 0.15) is 5.75 Å². The number of nitrogens with one attached hydrogen (secondary N) is 2. The number of ether oxygens (including phenoxy) is 1. The predicted molar refractivity (Wildman–Crippen MR) is 84.3 cm³/mol. The smallest absolute Gasteiger partial charge is 0.387 e. The lowest BCUT2D eigenvalue weighted by Gasteiger charge is -2.14. The molecule has 0 saturated carbocycles. The van der Waals surface area contributed by atoms with Crippen molar-refractivity contribution < 1.29 is 13.5 Å². The van der Waals surface area contributed by atoms with E-state index in [2.05, 4.69) is 25.3 Å². The fourth-order valence-electron chi connectivity index (χ4n) is 1.94. The molecule has 0 aliphatic heterocycles. The summed E-state index contributed by atoms with van der Waals surface area (Å²) >= 11 is 0. The first-order valence-corrected chi connectivity index (χ1v) is 7.06. The number of aliphatic imine (C=N–C) groups is 1. The van der Waals surface area contributed by atoms with Crippen LogP contribution in [0.1, 0.15) is 11.3 Å². The lowest BCUT2D eigenvalue weighted by Crippen LogP contribution is -2.36. The number of benzene rings is 1. The molecular weight excluding hydrogens is 302 g/mol. The third-order valence-corrected chi connectivity index (χ3v) is 3.02. The summed E-state index contributed by atoms with van der Waals surface area (Å²) in [6.45, 7) is -2.03. The third kappa shape index (κ3) is 5.54. The summed E-state index contributed by atoms with van der Waals surface area (Å²) in [4.78, 5) is 8.29. The SMILES string of the molecule is CN=C(NCc1ccccn1)NCc1ccccc1OC(F)F. The highest BCUT2D eigenvalue weighted by Crippen LogP contribution is 2.19. The number of alkyl halides is 2. The van der Waals surface area contributed by atoms with Crippen LogP contribution in [0.2, 0.25) is 0 Å². The maximum absolute atomic E-state index is 12.4. The second-order valence-corrected chi connectivity index (χ2v) is 4.59. The second-order valence-electron chi connectivity index (χ2n) is 4.59. The van der Waals surface area contributed by atoms with Gasteiger partial charge in [-0.25, -0.2) is 0 Å². The Hall–Kier alpha value is -2.70. The van der Waals surface area contributed by atoms with E-state index in [0.29, 0.717) is 24.6 Å². The van der Waals surface area contributed by atoms with Gasteiger partial charge in [0.25, 0.3) is 0 Å². The number of aromatic nitrogens is 1. The number of nitrogens with zero attached hydrogens (tertiary/aromatic N) is 2. The van der Waals surface area contributed by atoms with E-state index < -0.39 is 6.61 Å². The van der Waals surface area contributed by atoms with Gasteiger partial charge in [-0.2, -0.15) is 8.78 Å². The van der Waals surface area contributed by atoms with Crippen LogP contribution in [0.3, 0.4) is 0 Å². The van der Waals surface area contributed by atoms with Crippen LogP contribution < -0.4 is 15.4 Å². The van der Waals surface area contributed by atoms with Crippen molar-refractivity contribution >= 4 is 5.96 Å². The zero-order chi connectivity index (χ0) is 16.5. The van der Waals surface area contributed by atoms with Crippen LogP contribution in [0.4, 0.5) is 8.78 Å². The Morgan fingerprint density at radius 1 is 1.13 bits per heavy atom. The minimum absolute atomic E-state index is 0.148. The van der Waals surface area contributed by atoms with Gasteiger partial charge in [0.15, 0.2) is 5.96 Å². The molecule has 0 aliphatic carbocycles. The molecule has 7 heteroatoms. The Morgan fingerprint density at radius 3 is 2.57 bits per heavy atom. The number of hydrogen-bond donors (Lipinski definition) is 2. The van der Waals surface area contributed by atoms with Crippen LogP contribution in [0.15, 0.2) is 53.7 Å². The summed E-state index contributed by atoms with van der Waals surface area (Å²) in [6, 6.07) is 12.3. The monoisotopic (exact) mass is 320 g/mol. The van der Waals surface area contributed by atoms with Crippen molar-refractivity contribution in [1.82, 2.24) is 15.6 Å². The van der Waals surface area contributed by atoms with Crippen LogP contribution >= 0.6 is 0 Å². The predicted octanol–water partition coefficient (Wildman–Crippen LogP) is 2.55. The van der Waals surface area contributed by atoms with E-state index in [1.807, 2.05) is 18.2 Å². The van der Waals surface area contributed by atoms with Gasteiger partial charge in [-0.1, -0.05) is 24.3 Å². The zero-order valence-corrected chi connectivity index (χ0v) is 12.7. The van der Waals surface area contributed by atoms with Crippen molar-refractivity contribution in [2.24, 2.45) is 4.99 Å². The molecule has 23 heavy (non-hydrogen) atoms. The van der Waals surface area contributed by atoms with Crippen LogP contribution in [0.25, 0.3) is 0 Å². The third-order valence-electron chi connectivity index (χ3n) is 3.02. The molecule has 0 unspecified atom stereocenters. The van der Waals surface area contributed by atoms with Crippen molar-refractivity contribution in [3.8, 4) is 5.75 Å². The zero-order valence-electron chi connectivity index (χ0n) is 12.7. The molecule has 1 heterocycles. The maximum Gasteiger partial charge on any atom is 0.387 e. The van der Waals surface area contributed by atoms with Crippen molar-refractivity contribution in [3.05, 3.63) is 59.9 Å². The van der Waals surface area contributed by atoms with Crippen LogP contribution in [0, 0.1) is 0 Å². The Kier molecular flexibility index (Phi) is 6.28. The Labute approximate surface area is 133 Å². The van der Waals surface area contributed by atoms with E-state index in [1.165, 1.54) is 6.07 Å². The molecule has 0 saturated heterocycles. The van der Waals surface area contributed by atoms with Crippen LogP contribution in [0.5, 0.6) is 5.75 Å². The average Bonchev–Trinajstić information content (AvgIpc) is 2.57. The molecule has 0 aliphatic rings. The van der Waals surface area contributed by atoms with Crippen LogP contribution in [-0.2, 0) is 13.1 Å². The van der Waals surface area contributed by atoms with Crippen molar-refractivity contribution in [1.29, 1.82) is 0 Å². The summed E-state index contributed by atoms with van der Waals surface area (Å²) < 4.78 is 29.3. The highest BCUT2D eigenvalue weighted by Gasteiger charge is 2.09. The molecule has 1 aromatic carbocycles. The molecule has 1 aromatic heterocycles. The first kappa shape index (κ1) is 16.7. The van der Waals surface area contributed by atoms with Gasteiger partial charge in [-0.05, 0) is 18.2 Å². The number of halogens is 2. The molecule has 122 valence electrons. The molecule has 0 spiro atoms. The van der Waals surface area contributed by atoms with E-state index in [1.54, 1.807) is 31.4 Å². The molecule has 2 N–H and O–H groups in total. The Balaban J connectivity index is 1.91. The van der Waals surface area contributed by atoms with Gasteiger partial charge in [0.05, 0.1) is 12.2 Å². The van der Waals surface area contributed by atoms with Gasteiger partial charge in [-0.15, -0.1) is 0 Å². The molecule has 0 amide bonds. The van der Waals surface area contributed by atoms with Gasteiger partial charge in [0.2, 0.25) is 0 Å². The second kappa shape index (κ2) is 8.67. The van der Waals surface area contributed by atoms with Gasteiger partial charge >= 0.3 is 6.61 Å². The van der Waals surface area contributed by atoms with Gasteiger partial charge < -0.3 is 15.4 Å². The molecular formula is C16H18F2N4O. The normalized spacial score (nSPS) is 11.4. The van der Waals surface area contributed by atoms with Gasteiger partial charge in [-0.3, -0.25) is 9.98 Å². The molecule has 0 radical (unpaired) electrons. The number of rotatable bonds is 6. The fraction of sp³-hybridized carbons (Fsp3) is 0.250. The fourth-order valence-corrected chi connectivity index (χ4v) is 1.94. The number of para-hydroxylation sites is 1. The number of hydrogen-bond acceptors (Lipinski definition) is 3. The molecule has 5 nitrogen and oxygen atoms in total. The summed E-state index contributed by atoms with van der Waals surface area (Å²) in [7, 11) is 1.63.